The number of ether oxygens (including phenoxy) is 1. The van der Waals surface area contributed by atoms with Crippen LogP contribution in [0.5, 0.6) is 5.88 Å². The number of hydrogen-bond acceptors (Lipinski definition) is 7. The minimum Gasteiger partial charge on any atom is -0.481 e. The summed E-state index contributed by atoms with van der Waals surface area (Å²) in [5.41, 5.74) is 8.93. The van der Waals surface area contributed by atoms with Gasteiger partial charge in [0.05, 0.1) is 11.5 Å². The van der Waals surface area contributed by atoms with Gasteiger partial charge in [0.25, 0.3) is 0 Å². The van der Waals surface area contributed by atoms with Gasteiger partial charge >= 0.3 is 5.97 Å². The van der Waals surface area contributed by atoms with E-state index < -0.39 is 11.6 Å². The van der Waals surface area contributed by atoms with Gasteiger partial charge in [0.15, 0.2) is 11.5 Å². The van der Waals surface area contributed by atoms with E-state index in [0.29, 0.717) is 28.6 Å². The van der Waals surface area contributed by atoms with Crippen molar-refractivity contribution < 1.29 is 14.6 Å². The number of thioether (sulfide) groups is 1. The fraction of sp³-hybridized carbons (Fsp3) is 0.455. The molecule has 2 heterocycles. The molecule has 0 spiro atoms. The predicted octanol–water partition coefficient (Wildman–Crippen LogP) is 4.19. The zero-order chi connectivity index (χ0) is 21.3. The molecule has 1 saturated carbocycles. The number of nitrogens with two attached hydrogens (primary N) is 1. The van der Waals surface area contributed by atoms with Crippen LogP contribution in [0.15, 0.2) is 35.6 Å². The third-order valence-electron chi connectivity index (χ3n) is 5.73. The van der Waals surface area contributed by atoms with E-state index in [2.05, 4.69) is 34.2 Å². The summed E-state index contributed by atoms with van der Waals surface area (Å²) < 4.78 is 6.06. The van der Waals surface area contributed by atoms with E-state index in [-0.39, 0.29) is 5.75 Å². The van der Waals surface area contributed by atoms with Crippen LogP contribution in [-0.2, 0) is 4.79 Å². The van der Waals surface area contributed by atoms with Gasteiger partial charge in [0.2, 0.25) is 5.88 Å². The van der Waals surface area contributed by atoms with Crippen molar-refractivity contribution in [2.24, 2.45) is 4.99 Å². The van der Waals surface area contributed by atoms with Crippen molar-refractivity contribution in [3.8, 4) is 5.88 Å². The van der Waals surface area contributed by atoms with Gasteiger partial charge in [-0.1, -0.05) is 24.3 Å². The summed E-state index contributed by atoms with van der Waals surface area (Å²) in [7, 11) is 0. The molecule has 7 nitrogen and oxygen atoms in total. The molecule has 0 unspecified atom stereocenters. The van der Waals surface area contributed by atoms with Gasteiger partial charge in [0, 0.05) is 10.8 Å². The quantitative estimate of drug-likeness (QED) is 0.737. The normalized spacial score (nSPS) is 22.5. The Balaban J connectivity index is 1.49. The van der Waals surface area contributed by atoms with Crippen LogP contribution in [0.2, 0.25) is 0 Å². The third-order valence-corrected chi connectivity index (χ3v) is 7.09. The average molecular weight is 427 g/mol. The van der Waals surface area contributed by atoms with E-state index >= 15 is 0 Å². The molecule has 30 heavy (non-hydrogen) atoms. The lowest BCUT2D eigenvalue weighted by molar-refractivity contribution is -0.133. The minimum absolute atomic E-state index is 0.197. The number of hydrogen-bond donors (Lipinski definition) is 2. The number of nitrogen functional groups attached to an aromatic ring is 1. The second kappa shape index (κ2) is 8.26. The molecule has 1 fully saturated rings. The Morgan fingerprint density at radius 2 is 1.90 bits per heavy atom. The zero-order valence-corrected chi connectivity index (χ0v) is 18.0. The van der Waals surface area contributed by atoms with Crippen LogP contribution in [0.3, 0.4) is 0 Å². The van der Waals surface area contributed by atoms with E-state index in [9.17, 15) is 4.79 Å². The molecule has 0 saturated heterocycles. The number of aromatic nitrogens is 2. The fourth-order valence-electron chi connectivity index (χ4n) is 4.17. The first-order chi connectivity index (χ1) is 14.3. The molecule has 1 aliphatic carbocycles. The van der Waals surface area contributed by atoms with Crippen LogP contribution in [-0.4, -0.2) is 43.4 Å². The lowest BCUT2D eigenvalue weighted by atomic mass is 9.83. The lowest BCUT2D eigenvalue weighted by Gasteiger charge is -2.32. The number of fused-ring (bicyclic) bond motifs is 1. The number of benzene rings is 1. The minimum atomic E-state index is -0.730. The molecule has 158 valence electrons. The van der Waals surface area contributed by atoms with Crippen LogP contribution in [0.4, 0.5) is 11.5 Å². The van der Waals surface area contributed by atoms with E-state index in [4.69, 9.17) is 20.6 Å². The summed E-state index contributed by atoms with van der Waals surface area (Å²) in [4.78, 5) is 23.7. The molecule has 0 radical (unpaired) electrons. The summed E-state index contributed by atoms with van der Waals surface area (Å²) in [5.74, 6) is 0.699. The molecule has 8 heteroatoms. The molecule has 1 aromatic heterocycles. The summed E-state index contributed by atoms with van der Waals surface area (Å²) in [6.07, 6.45) is 5.69. The van der Waals surface area contributed by atoms with Crippen LogP contribution in [0, 0.1) is 0 Å². The van der Waals surface area contributed by atoms with Crippen LogP contribution in [0.1, 0.15) is 56.6 Å². The van der Waals surface area contributed by atoms with Crippen LogP contribution >= 0.6 is 11.8 Å². The van der Waals surface area contributed by atoms with Crippen molar-refractivity contribution in [3.63, 3.8) is 0 Å². The van der Waals surface area contributed by atoms with Crippen LogP contribution in [0.25, 0.3) is 0 Å². The smallest absolute Gasteiger partial charge is 0.313 e. The van der Waals surface area contributed by atoms with Gasteiger partial charge in [0.1, 0.15) is 11.9 Å². The molecule has 1 aromatic carbocycles. The molecule has 0 bridgehead atoms. The summed E-state index contributed by atoms with van der Waals surface area (Å²) >= 11 is 1.57. The Kier molecular flexibility index (Phi) is 5.69. The van der Waals surface area contributed by atoms with Gasteiger partial charge in [-0.15, -0.1) is 11.8 Å². The number of carbonyl (C=O) groups is 1. The molecule has 4 rings (SSSR count). The maximum absolute atomic E-state index is 10.8. The second-order valence-corrected chi connectivity index (χ2v) is 9.57. The van der Waals surface area contributed by atoms with Crippen molar-refractivity contribution in [1.29, 1.82) is 0 Å². The SMILES string of the molecule is CC1(C)Oc2ncnc(N)c2N=C1c1ccc([C@H]2CC[C@H](SCC(=O)O)CC2)cc1. The fourth-order valence-corrected chi connectivity index (χ4v) is 5.15. The largest absolute Gasteiger partial charge is 0.481 e. The number of rotatable bonds is 5. The average Bonchev–Trinajstić information content (AvgIpc) is 2.72. The maximum Gasteiger partial charge on any atom is 0.313 e. The van der Waals surface area contributed by atoms with Gasteiger partial charge < -0.3 is 15.6 Å². The lowest BCUT2D eigenvalue weighted by Crippen LogP contribution is -2.41. The van der Waals surface area contributed by atoms with Crippen molar-refractivity contribution in [1.82, 2.24) is 9.97 Å². The van der Waals surface area contributed by atoms with Crippen molar-refractivity contribution in [2.45, 2.75) is 56.3 Å². The summed E-state index contributed by atoms with van der Waals surface area (Å²) in [5, 5.41) is 9.32. The van der Waals surface area contributed by atoms with Crippen molar-refractivity contribution in [3.05, 3.63) is 41.7 Å². The maximum atomic E-state index is 10.8. The molecule has 1 aliphatic heterocycles. The number of carboxylic acid groups (broad SMARTS) is 1. The third kappa shape index (κ3) is 4.28. The Hall–Kier alpha value is -2.61. The van der Waals surface area contributed by atoms with Gasteiger partial charge in [-0.05, 0) is 51.0 Å². The molecule has 3 N–H and O–H groups in total. The highest BCUT2D eigenvalue weighted by Gasteiger charge is 2.35. The van der Waals surface area contributed by atoms with E-state index in [1.54, 1.807) is 11.8 Å². The Labute approximate surface area is 180 Å². The standard InChI is InChI=1S/C22H26N4O3S/c1-22(2)19(26-18-20(23)24-12-25-21(18)29-22)15-5-3-13(4-6-15)14-7-9-16(10-8-14)30-11-17(27)28/h3-6,12,14,16H,7-11H2,1-2H3,(H,27,28)(H2,23,24,25)/t14-,16-. The monoisotopic (exact) mass is 426 g/mol. The second-order valence-electron chi connectivity index (χ2n) is 8.29. The number of nitrogens with zero attached hydrogens (tertiary/aromatic N) is 3. The van der Waals surface area contributed by atoms with Crippen LogP contribution < -0.4 is 10.5 Å². The molecule has 2 aromatic rings. The first-order valence-electron chi connectivity index (χ1n) is 10.2. The summed E-state index contributed by atoms with van der Waals surface area (Å²) in [6, 6.07) is 8.53. The van der Waals surface area contributed by atoms with Gasteiger partial charge in [-0.25, -0.2) is 9.98 Å². The number of anilines is 1. The number of aliphatic imine (C=N–C) groups is 1. The Morgan fingerprint density at radius 1 is 1.20 bits per heavy atom. The molecule has 0 atom stereocenters. The number of carboxylic acids is 1. The zero-order valence-electron chi connectivity index (χ0n) is 17.2. The molecular weight excluding hydrogens is 400 g/mol. The van der Waals surface area contributed by atoms with E-state index in [1.807, 2.05) is 13.8 Å². The Morgan fingerprint density at radius 3 is 2.57 bits per heavy atom. The topological polar surface area (TPSA) is 111 Å². The highest BCUT2D eigenvalue weighted by Crippen LogP contribution is 2.40. The highest BCUT2D eigenvalue weighted by atomic mass is 32.2. The molecular formula is C22H26N4O3S. The van der Waals surface area contributed by atoms with Crippen molar-refractivity contribution in [2.75, 3.05) is 11.5 Å². The Bertz CT molecular complexity index is 967. The number of aliphatic carboxylic acids is 1. The van der Waals surface area contributed by atoms with Gasteiger partial charge in [-0.3, -0.25) is 4.79 Å². The van der Waals surface area contributed by atoms with Crippen molar-refractivity contribution >= 4 is 34.9 Å². The summed E-state index contributed by atoms with van der Waals surface area (Å²) in [6.45, 7) is 3.94. The first-order valence-corrected chi connectivity index (χ1v) is 11.2. The highest BCUT2D eigenvalue weighted by molar-refractivity contribution is 8.00. The predicted molar refractivity (Wildman–Crippen MR) is 119 cm³/mol. The molecule has 0 amide bonds. The molecule has 2 aliphatic rings. The van der Waals surface area contributed by atoms with E-state index in [1.165, 1.54) is 11.9 Å². The first kappa shape index (κ1) is 20.7. The van der Waals surface area contributed by atoms with E-state index in [0.717, 1.165) is 37.0 Å². The van der Waals surface area contributed by atoms with Gasteiger partial charge in [-0.2, -0.15) is 4.98 Å².